The Morgan fingerprint density at radius 2 is 1.76 bits per heavy atom. The summed E-state index contributed by atoms with van der Waals surface area (Å²) in [7, 11) is 1.74. The van der Waals surface area contributed by atoms with Gasteiger partial charge in [-0.2, -0.15) is 0 Å². The summed E-state index contributed by atoms with van der Waals surface area (Å²) in [6.45, 7) is 0. The maximum atomic E-state index is 13.3. The number of guanidine groups is 1. The molecule has 0 aromatic heterocycles. The molecule has 2 aliphatic carbocycles. The molecule has 1 heterocycles. The molecule has 7 nitrogen and oxygen atoms in total. The topological polar surface area (TPSA) is 114 Å². The van der Waals surface area contributed by atoms with Crippen LogP contribution in [-0.2, 0) is 4.79 Å². The number of hydrogen-bond donors (Lipinski definition) is 3. The molecule has 0 unspecified atom stereocenters. The summed E-state index contributed by atoms with van der Waals surface area (Å²) >= 11 is 0. The van der Waals surface area contributed by atoms with Crippen LogP contribution in [0.15, 0.2) is 29.3 Å². The van der Waals surface area contributed by atoms with Crippen molar-refractivity contribution in [3.63, 3.8) is 0 Å². The van der Waals surface area contributed by atoms with Crippen LogP contribution in [0.25, 0.3) is 0 Å². The molecule has 180 valence electrons. The zero-order chi connectivity index (χ0) is 23.4. The maximum Gasteiger partial charge on any atom is 0.257 e. The van der Waals surface area contributed by atoms with Crippen LogP contribution in [0, 0.1) is 11.8 Å². The highest BCUT2D eigenvalue weighted by molar-refractivity contribution is 6.06. The highest BCUT2D eigenvalue weighted by atomic mass is 16.2. The Hall–Kier alpha value is -2.57. The average molecular weight is 454 g/mol. The van der Waals surface area contributed by atoms with Crippen LogP contribution in [0.2, 0.25) is 0 Å². The van der Waals surface area contributed by atoms with Crippen LogP contribution < -0.4 is 16.8 Å². The molecule has 0 bridgehead atoms. The highest BCUT2D eigenvalue weighted by Crippen LogP contribution is 2.40. The van der Waals surface area contributed by atoms with Crippen LogP contribution in [0.1, 0.15) is 87.4 Å². The lowest BCUT2D eigenvalue weighted by Gasteiger charge is -2.35. The van der Waals surface area contributed by atoms with Crippen LogP contribution >= 0.6 is 0 Å². The molecule has 2 amide bonds. The predicted octanol–water partition coefficient (Wildman–Crippen LogP) is 3.83. The third kappa shape index (κ3) is 5.50. The number of benzene rings is 1. The smallest absolute Gasteiger partial charge is 0.257 e. The average Bonchev–Trinajstić information content (AvgIpc) is 3.02. The fourth-order valence-electron chi connectivity index (χ4n) is 6.06. The number of nitrogens with zero attached hydrogens (tertiary/aromatic N) is 2. The van der Waals surface area contributed by atoms with Gasteiger partial charge in [0.1, 0.15) is 5.54 Å². The third-order valence-corrected chi connectivity index (χ3v) is 7.98. The van der Waals surface area contributed by atoms with Gasteiger partial charge in [0.15, 0.2) is 5.96 Å². The van der Waals surface area contributed by atoms with E-state index < -0.39 is 5.54 Å². The second-order valence-corrected chi connectivity index (χ2v) is 10.4. The molecule has 1 aromatic rings. The van der Waals surface area contributed by atoms with E-state index in [1.165, 1.54) is 37.0 Å². The van der Waals surface area contributed by atoms with E-state index in [1.807, 2.05) is 0 Å². The van der Waals surface area contributed by atoms with E-state index in [0.29, 0.717) is 29.0 Å². The van der Waals surface area contributed by atoms with Gasteiger partial charge in [0.25, 0.3) is 11.8 Å². The molecule has 7 heteroatoms. The molecule has 0 spiro atoms. The SMILES string of the molecule is CN1C(=O)[C@@](CCC2CCCCC2)(C[C@H]2CCC[C@@H](NC(=O)c3ccc(N)cc3)C2)N=C1N. The van der Waals surface area contributed by atoms with Crippen molar-refractivity contribution >= 4 is 23.5 Å². The Balaban J connectivity index is 1.40. The number of anilines is 1. The van der Waals surface area contributed by atoms with Crippen molar-refractivity contribution in [2.45, 2.75) is 88.6 Å². The van der Waals surface area contributed by atoms with E-state index in [2.05, 4.69) is 5.32 Å². The summed E-state index contributed by atoms with van der Waals surface area (Å²) in [5.74, 6) is 1.36. The van der Waals surface area contributed by atoms with Gasteiger partial charge in [0, 0.05) is 24.3 Å². The van der Waals surface area contributed by atoms with E-state index in [0.717, 1.165) is 44.9 Å². The Morgan fingerprint density at radius 3 is 2.42 bits per heavy atom. The fraction of sp³-hybridized carbons (Fsp3) is 0.654. The van der Waals surface area contributed by atoms with Crippen LogP contribution in [0.3, 0.4) is 0 Å². The fourth-order valence-corrected chi connectivity index (χ4v) is 6.06. The van der Waals surface area contributed by atoms with Gasteiger partial charge in [0.05, 0.1) is 0 Å². The van der Waals surface area contributed by atoms with Gasteiger partial charge in [-0.25, -0.2) is 4.99 Å². The van der Waals surface area contributed by atoms with Crippen LogP contribution in [0.5, 0.6) is 0 Å². The van der Waals surface area contributed by atoms with Crippen molar-refractivity contribution in [3.05, 3.63) is 29.8 Å². The molecule has 4 rings (SSSR count). The first-order valence-electron chi connectivity index (χ1n) is 12.7. The Labute approximate surface area is 197 Å². The zero-order valence-corrected chi connectivity index (χ0v) is 19.9. The summed E-state index contributed by atoms with van der Waals surface area (Å²) in [6.07, 6.45) is 12.9. The molecule has 0 radical (unpaired) electrons. The van der Waals surface area contributed by atoms with Crippen molar-refractivity contribution in [3.8, 4) is 0 Å². The number of nitrogens with two attached hydrogens (primary N) is 2. The highest BCUT2D eigenvalue weighted by Gasteiger charge is 2.48. The zero-order valence-electron chi connectivity index (χ0n) is 19.9. The van der Waals surface area contributed by atoms with E-state index in [4.69, 9.17) is 16.5 Å². The third-order valence-electron chi connectivity index (χ3n) is 7.98. The first-order chi connectivity index (χ1) is 15.9. The summed E-state index contributed by atoms with van der Waals surface area (Å²) in [4.78, 5) is 32.3. The minimum Gasteiger partial charge on any atom is -0.399 e. The Morgan fingerprint density at radius 1 is 1.06 bits per heavy atom. The van der Waals surface area contributed by atoms with Crippen molar-refractivity contribution in [1.29, 1.82) is 0 Å². The number of hydrogen-bond acceptors (Lipinski definition) is 5. The molecule has 2 fully saturated rings. The van der Waals surface area contributed by atoms with Crippen molar-refractivity contribution in [1.82, 2.24) is 10.2 Å². The van der Waals surface area contributed by atoms with Gasteiger partial charge in [-0.15, -0.1) is 0 Å². The van der Waals surface area contributed by atoms with Gasteiger partial charge in [-0.3, -0.25) is 14.5 Å². The van der Waals surface area contributed by atoms with E-state index in [-0.39, 0.29) is 17.9 Å². The molecule has 3 aliphatic rings. The second-order valence-electron chi connectivity index (χ2n) is 10.4. The van der Waals surface area contributed by atoms with Gasteiger partial charge in [-0.1, -0.05) is 44.9 Å². The van der Waals surface area contributed by atoms with E-state index in [9.17, 15) is 9.59 Å². The van der Waals surface area contributed by atoms with Crippen molar-refractivity contribution < 1.29 is 9.59 Å². The lowest BCUT2D eigenvalue weighted by atomic mass is 9.74. The van der Waals surface area contributed by atoms with Gasteiger partial charge in [-0.05, 0) is 68.2 Å². The standard InChI is InChI=1S/C26H39N5O2/c1-31-24(33)26(30-25(31)28,15-14-18-6-3-2-4-7-18)17-19-8-5-9-22(16-19)29-23(32)20-10-12-21(27)13-11-20/h10-13,18-19,22H,2-9,14-17,27H2,1H3,(H2,28,30)(H,29,32)/t19-,22+,26+/m0/s1. The van der Waals surface area contributed by atoms with Crippen LogP contribution in [0.4, 0.5) is 5.69 Å². The molecule has 2 saturated carbocycles. The first kappa shape index (κ1) is 23.6. The maximum absolute atomic E-state index is 13.3. The predicted molar refractivity (Wildman–Crippen MR) is 132 cm³/mol. The number of carbonyl (C=O) groups is 2. The number of likely N-dealkylation sites (N-methyl/N-ethyl adjacent to an activating group) is 1. The van der Waals surface area contributed by atoms with Gasteiger partial charge >= 0.3 is 0 Å². The monoisotopic (exact) mass is 453 g/mol. The molecular weight excluding hydrogens is 414 g/mol. The van der Waals surface area contributed by atoms with Crippen molar-refractivity contribution in [2.24, 2.45) is 22.6 Å². The largest absolute Gasteiger partial charge is 0.399 e. The summed E-state index contributed by atoms with van der Waals surface area (Å²) in [6, 6.07) is 7.13. The number of aliphatic imine (C=N–C) groups is 1. The van der Waals surface area contributed by atoms with Gasteiger partial charge < -0.3 is 16.8 Å². The summed E-state index contributed by atoms with van der Waals surface area (Å²) in [5, 5.41) is 3.20. The molecule has 1 aromatic carbocycles. The number of amides is 2. The molecule has 33 heavy (non-hydrogen) atoms. The molecular formula is C26H39N5O2. The van der Waals surface area contributed by atoms with E-state index in [1.54, 1.807) is 31.3 Å². The molecule has 1 aliphatic heterocycles. The second kappa shape index (κ2) is 10.1. The van der Waals surface area contributed by atoms with Crippen molar-refractivity contribution in [2.75, 3.05) is 12.8 Å². The molecule has 5 N–H and O–H groups in total. The number of nitrogens with one attached hydrogen (secondary N) is 1. The van der Waals surface area contributed by atoms with Crippen LogP contribution in [-0.4, -0.2) is 41.3 Å². The normalized spacial score (nSPS) is 28.6. The quantitative estimate of drug-likeness (QED) is 0.544. The number of rotatable bonds is 7. The van der Waals surface area contributed by atoms with E-state index >= 15 is 0 Å². The first-order valence-corrected chi connectivity index (χ1v) is 12.7. The number of nitrogen functional groups attached to an aromatic ring is 1. The van der Waals surface area contributed by atoms with Gasteiger partial charge in [0.2, 0.25) is 0 Å². The Kier molecular flexibility index (Phi) is 7.25. The minimum atomic E-state index is -0.732. The Bertz CT molecular complexity index is 877. The number of carbonyl (C=O) groups excluding carboxylic acids is 2. The summed E-state index contributed by atoms with van der Waals surface area (Å²) in [5.41, 5.74) is 12.4. The minimum absolute atomic E-state index is 0.0452. The lowest BCUT2D eigenvalue weighted by molar-refractivity contribution is -0.131. The molecule has 0 saturated heterocycles. The molecule has 3 atom stereocenters. The lowest BCUT2D eigenvalue weighted by Crippen LogP contribution is -2.45. The summed E-state index contributed by atoms with van der Waals surface area (Å²) < 4.78 is 0.